The van der Waals surface area contributed by atoms with E-state index in [2.05, 4.69) is 19.1 Å². The third-order valence-electron chi connectivity index (χ3n) is 7.27. The molecule has 10 heteroatoms. The predicted molar refractivity (Wildman–Crippen MR) is 145 cm³/mol. The Morgan fingerprint density at radius 3 is 2.57 bits per heavy atom. The Morgan fingerprint density at radius 2 is 1.89 bits per heavy atom. The van der Waals surface area contributed by atoms with Gasteiger partial charge in [-0.15, -0.1) is 0 Å². The molecule has 8 nitrogen and oxygen atoms in total. The Kier molecular flexibility index (Phi) is 7.53. The molecule has 3 aromatic rings. The normalized spacial score (nSPS) is 20.8. The number of piperidine rings is 1. The first-order chi connectivity index (χ1) is 17.8. The SMILES string of the molecule is COc1ccc(S(=O)(=O)N2CCCC(C(=O)N(CC3CCCO3)c3nc4c(C)ccc(C)c4s3)C2)cc1. The van der Waals surface area contributed by atoms with Gasteiger partial charge in [-0.3, -0.25) is 9.69 Å². The fraction of sp³-hybridized carbons (Fsp3) is 0.481. The van der Waals surface area contributed by atoms with Crippen molar-refractivity contribution in [1.29, 1.82) is 0 Å². The summed E-state index contributed by atoms with van der Waals surface area (Å²) in [6, 6.07) is 10.5. The van der Waals surface area contributed by atoms with Crippen molar-refractivity contribution in [3.63, 3.8) is 0 Å². The Morgan fingerprint density at radius 1 is 1.14 bits per heavy atom. The lowest BCUT2D eigenvalue weighted by molar-refractivity contribution is -0.123. The number of aryl methyl sites for hydroxylation is 2. The molecule has 2 atom stereocenters. The van der Waals surface area contributed by atoms with Crippen molar-refractivity contribution < 1.29 is 22.7 Å². The average Bonchev–Trinajstić information content (AvgIpc) is 3.60. The summed E-state index contributed by atoms with van der Waals surface area (Å²) < 4.78 is 40.4. The molecule has 5 rings (SSSR count). The third-order valence-corrected chi connectivity index (χ3v) is 10.4. The van der Waals surface area contributed by atoms with Crippen LogP contribution in [0, 0.1) is 19.8 Å². The molecule has 3 heterocycles. The Bertz CT molecular complexity index is 1340. The molecule has 2 aromatic carbocycles. The fourth-order valence-corrected chi connectivity index (χ4v) is 7.75. The van der Waals surface area contributed by atoms with Crippen molar-refractivity contribution in [2.45, 2.75) is 50.5 Å². The van der Waals surface area contributed by atoms with Crippen LogP contribution in [0.4, 0.5) is 5.13 Å². The smallest absolute Gasteiger partial charge is 0.243 e. The van der Waals surface area contributed by atoms with Gasteiger partial charge in [0.05, 0.1) is 40.8 Å². The number of hydrogen-bond acceptors (Lipinski definition) is 7. The van der Waals surface area contributed by atoms with Gasteiger partial charge in [-0.2, -0.15) is 4.31 Å². The van der Waals surface area contributed by atoms with Crippen molar-refractivity contribution in [3.05, 3.63) is 47.5 Å². The summed E-state index contributed by atoms with van der Waals surface area (Å²) in [4.78, 5) is 20.9. The number of carbonyl (C=O) groups excluding carboxylic acids is 1. The molecule has 198 valence electrons. The lowest BCUT2D eigenvalue weighted by atomic mass is 9.98. The number of thiazole rings is 1. The average molecular weight is 544 g/mol. The first-order valence-corrected chi connectivity index (χ1v) is 15.0. The van der Waals surface area contributed by atoms with E-state index in [4.69, 9.17) is 14.5 Å². The number of carbonyl (C=O) groups is 1. The minimum absolute atomic E-state index is 0.0409. The van der Waals surface area contributed by atoms with Gasteiger partial charge in [0.15, 0.2) is 5.13 Å². The summed E-state index contributed by atoms with van der Waals surface area (Å²) in [6.45, 7) is 5.75. The summed E-state index contributed by atoms with van der Waals surface area (Å²) in [5.41, 5.74) is 3.11. The number of nitrogens with zero attached hydrogens (tertiary/aromatic N) is 3. The number of amides is 1. The van der Waals surface area contributed by atoms with Crippen LogP contribution in [0.5, 0.6) is 5.75 Å². The zero-order chi connectivity index (χ0) is 26.2. The molecule has 2 fully saturated rings. The molecule has 0 bridgehead atoms. The first kappa shape index (κ1) is 26.1. The van der Waals surface area contributed by atoms with E-state index in [1.54, 1.807) is 36.3 Å². The van der Waals surface area contributed by atoms with E-state index in [0.717, 1.165) is 34.2 Å². The van der Waals surface area contributed by atoms with Gasteiger partial charge in [0.1, 0.15) is 5.75 Å². The molecular weight excluding hydrogens is 510 g/mol. The number of anilines is 1. The highest BCUT2D eigenvalue weighted by Gasteiger charge is 2.37. The molecule has 1 amide bonds. The van der Waals surface area contributed by atoms with Gasteiger partial charge in [-0.25, -0.2) is 13.4 Å². The standard InChI is InChI=1S/C27H33N3O5S2/c1-18-8-9-19(2)25-24(18)28-27(36-25)30(17-22-7-5-15-35-22)26(31)20-6-4-14-29(16-20)37(32,33)23-12-10-21(34-3)11-13-23/h8-13,20,22H,4-7,14-17H2,1-3H3. The number of ether oxygens (including phenoxy) is 2. The number of benzene rings is 2. The highest BCUT2D eigenvalue weighted by molar-refractivity contribution is 7.89. The molecule has 2 saturated heterocycles. The van der Waals surface area contributed by atoms with Crippen LogP contribution in [0.25, 0.3) is 10.2 Å². The lowest BCUT2D eigenvalue weighted by Crippen LogP contribution is -2.48. The minimum Gasteiger partial charge on any atom is -0.497 e. The maximum absolute atomic E-state index is 14.0. The van der Waals surface area contributed by atoms with Crippen molar-refractivity contribution in [3.8, 4) is 5.75 Å². The molecule has 0 saturated carbocycles. The van der Waals surface area contributed by atoms with Gasteiger partial charge in [0.25, 0.3) is 0 Å². The highest BCUT2D eigenvalue weighted by Crippen LogP contribution is 2.35. The van der Waals surface area contributed by atoms with Gasteiger partial charge < -0.3 is 9.47 Å². The molecule has 37 heavy (non-hydrogen) atoms. The van der Waals surface area contributed by atoms with Crippen LogP contribution in [0.3, 0.4) is 0 Å². The van der Waals surface area contributed by atoms with Crippen LogP contribution in [0.2, 0.25) is 0 Å². The topological polar surface area (TPSA) is 89.0 Å². The maximum Gasteiger partial charge on any atom is 0.243 e. The second kappa shape index (κ2) is 10.7. The van der Waals surface area contributed by atoms with E-state index in [9.17, 15) is 13.2 Å². The molecule has 2 aliphatic heterocycles. The number of sulfonamides is 1. The number of rotatable bonds is 7. The first-order valence-electron chi connectivity index (χ1n) is 12.7. The van der Waals surface area contributed by atoms with E-state index < -0.39 is 15.9 Å². The zero-order valence-corrected chi connectivity index (χ0v) is 23.1. The summed E-state index contributed by atoms with van der Waals surface area (Å²) in [5.74, 6) is 0.0635. The number of hydrogen-bond donors (Lipinski definition) is 0. The van der Waals surface area contributed by atoms with Gasteiger partial charge in [0.2, 0.25) is 15.9 Å². The Balaban J connectivity index is 1.42. The zero-order valence-electron chi connectivity index (χ0n) is 21.5. The number of methoxy groups -OCH3 is 1. The van der Waals surface area contributed by atoms with E-state index in [0.29, 0.717) is 43.4 Å². The third kappa shape index (κ3) is 5.25. The van der Waals surface area contributed by atoms with Crippen LogP contribution in [0.1, 0.15) is 36.8 Å². The van der Waals surface area contributed by atoms with E-state index in [1.165, 1.54) is 15.6 Å². The summed E-state index contributed by atoms with van der Waals surface area (Å²) >= 11 is 1.52. The van der Waals surface area contributed by atoms with E-state index in [-0.39, 0.29) is 23.5 Å². The maximum atomic E-state index is 14.0. The quantitative estimate of drug-likeness (QED) is 0.435. The van der Waals surface area contributed by atoms with Crippen molar-refractivity contribution in [2.24, 2.45) is 5.92 Å². The summed E-state index contributed by atoms with van der Waals surface area (Å²) in [6.07, 6.45) is 3.09. The molecule has 1 aromatic heterocycles. The number of aromatic nitrogens is 1. The fourth-order valence-electron chi connectivity index (χ4n) is 5.10. The minimum atomic E-state index is -3.73. The second-order valence-electron chi connectivity index (χ2n) is 9.84. The Hall–Kier alpha value is -2.53. The summed E-state index contributed by atoms with van der Waals surface area (Å²) in [7, 11) is -2.19. The van der Waals surface area contributed by atoms with Crippen LogP contribution < -0.4 is 9.64 Å². The van der Waals surface area contributed by atoms with Crippen LogP contribution in [-0.4, -0.2) is 63.1 Å². The van der Waals surface area contributed by atoms with Gasteiger partial charge in [0, 0.05) is 19.7 Å². The molecular formula is C27H33N3O5S2. The molecule has 0 spiro atoms. The van der Waals surface area contributed by atoms with Crippen LogP contribution in [-0.2, 0) is 19.6 Å². The van der Waals surface area contributed by atoms with Gasteiger partial charge >= 0.3 is 0 Å². The van der Waals surface area contributed by atoms with Crippen molar-refractivity contribution in [1.82, 2.24) is 9.29 Å². The van der Waals surface area contributed by atoms with Gasteiger partial charge in [-0.05, 0) is 74.9 Å². The predicted octanol–water partition coefficient (Wildman–Crippen LogP) is 4.53. The molecule has 2 unspecified atom stereocenters. The van der Waals surface area contributed by atoms with Crippen molar-refractivity contribution >= 4 is 42.6 Å². The number of fused-ring (bicyclic) bond motifs is 1. The Labute approximate surface area is 222 Å². The van der Waals surface area contributed by atoms with E-state index in [1.807, 2.05) is 6.92 Å². The largest absolute Gasteiger partial charge is 0.497 e. The van der Waals surface area contributed by atoms with Crippen LogP contribution >= 0.6 is 11.3 Å². The monoisotopic (exact) mass is 543 g/mol. The van der Waals surface area contributed by atoms with Crippen LogP contribution in [0.15, 0.2) is 41.3 Å². The molecule has 0 radical (unpaired) electrons. The molecule has 0 aliphatic carbocycles. The lowest BCUT2D eigenvalue weighted by Gasteiger charge is -2.34. The molecule has 2 aliphatic rings. The van der Waals surface area contributed by atoms with Crippen molar-refractivity contribution in [2.75, 3.05) is 38.3 Å². The highest BCUT2D eigenvalue weighted by atomic mass is 32.2. The second-order valence-corrected chi connectivity index (χ2v) is 12.8. The molecule has 0 N–H and O–H groups in total. The summed E-state index contributed by atoms with van der Waals surface area (Å²) in [5, 5.41) is 0.656. The van der Waals surface area contributed by atoms with Gasteiger partial charge in [-0.1, -0.05) is 23.5 Å². The van der Waals surface area contributed by atoms with E-state index >= 15 is 0 Å².